The molecule has 0 aromatic heterocycles. The number of ether oxygens (including phenoxy) is 2. The van der Waals surface area contributed by atoms with E-state index in [1.54, 1.807) is 12.1 Å². The Hall–Kier alpha value is -3.64. The molecule has 0 saturated heterocycles. The van der Waals surface area contributed by atoms with Gasteiger partial charge in [0.1, 0.15) is 6.04 Å². The zero-order valence-electron chi connectivity index (χ0n) is 17.6. The van der Waals surface area contributed by atoms with Crippen LogP contribution in [0, 0.1) is 6.92 Å². The molecular weight excluding hydrogens is 392 g/mol. The first kappa shape index (κ1) is 20.6. The molecule has 6 heteroatoms. The van der Waals surface area contributed by atoms with E-state index in [9.17, 15) is 9.59 Å². The number of fused-ring (bicyclic) bond motifs is 1. The molecule has 0 saturated carbocycles. The third-order valence-corrected chi connectivity index (χ3v) is 5.30. The Bertz CT molecular complexity index is 1090. The molecule has 1 aliphatic rings. The highest BCUT2D eigenvalue weighted by Gasteiger charge is 2.22. The standard InChI is InChI=1S/C25H24N2O4/c1-16-8-10-19(11-9-16)25(18-6-4-3-5-7-18)26-14-24(29)27-21-13-23-22(30-15-31-23)12-20(21)17(2)28/h3-13,25-26H,14-15H2,1-2H3,(H,27,29)/p+1/t25-/m0/s1. The smallest absolute Gasteiger partial charge is 0.279 e. The minimum absolute atomic E-state index is 0.0171. The molecule has 6 nitrogen and oxygen atoms in total. The van der Waals surface area contributed by atoms with Gasteiger partial charge in [-0.1, -0.05) is 60.2 Å². The van der Waals surface area contributed by atoms with Gasteiger partial charge >= 0.3 is 0 Å². The van der Waals surface area contributed by atoms with E-state index < -0.39 is 0 Å². The highest BCUT2D eigenvalue weighted by atomic mass is 16.7. The van der Waals surface area contributed by atoms with Crippen molar-refractivity contribution in [1.29, 1.82) is 0 Å². The number of carbonyl (C=O) groups excluding carboxylic acids is 2. The third-order valence-electron chi connectivity index (χ3n) is 5.30. The summed E-state index contributed by atoms with van der Waals surface area (Å²) in [6.45, 7) is 3.81. The summed E-state index contributed by atoms with van der Waals surface area (Å²) < 4.78 is 10.7. The molecule has 1 aliphatic heterocycles. The summed E-state index contributed by atoms with van der Waals surface area (Å²) in [5, 5.41) is 4.86. The minimum Gasteiger partial charge on any atom is -0.454 e. The van der Waals surface area contributed by atoms with E-state index in [0.29, 0.717) is 22.7 Å². The van der Waals surface area contributed by atoms with E-state index in [2.05, 4.69) is 48.6 Å². The van der Waals surface area contributed by atoms with Crippen molar-refractivity contribution in [2.75, 3.05) is 18.7 Å². The first-order chi connectivity index (χ1) is 15.0. The molecule has 0 radical (unpaired) electrons. The summed E-state index contributed by atoms with van der Waals surface area (Å²) in [7, 11) is 0. The predicted molar refractivity (Wildman–Crippen MR) is 117 cm³/mol. The Morgan fingerprint density at radius 1 is 0.968 bits per heavy atom. The normalized spacial score (nSPS) is 13.0. The number of amides is 1. The van der Waals surface area contributed by atoms with Crippen LogP contribution in [0.4, 0.5) is 5.69 Å². The van der Waals surface area contributed by atoms with E-state index in [4.69, 9.17) is 9.47 Å². The van der Waals surface area contributed by atoms with Crippen LogP contribution in [0.15, 0.2) is 66.7 Å². The zero-order chi connectivity index (χ0) is 21.8. The average Bonchev–Trinajstić information content (AvgIpc) is 3.22. The van der Waals surface area contributed by atoms with Crippen molar-refractivity contribution in [1.82, 2.24) is 0 Å². The van der Waals surface area contributed by atoms with Gasteiger partial charge in [0, 0.05) is 22.8 Å². The van der Waals surface area contributed by atoms with Crippen LogP contribution >= 0.6 is 0 Å². The molecule has 0 spiro atoms. The fraction of sp³-hybridized carbons (Fsp3) is 0.200. The highest BCUT2D eigenvalue weighted by Crippen LogP contribution is 2.37. The molecule has 1 amide bonds. The lowest BCUT2D eigenvalue weighted by Crippen LogP contribution is -2.87. The summed E-state index contributed by atoms with van der Waals surface area (Å²) in [6, 6.07) is 21.7. The monoisotopic (exact) mass is 417 g/mol. The number of Topliss-reactive ketones (excluding diaryl/α,β-unsaturated/α-hetero) is 1. The fourth-order valence-electron chi connectivity index (χ4n) is 3.66. The maximum absolute atomic E-state index is 12.8. The predicted octanol–water partition coefficient (Wildman–Crippen LogP) is 3.22. The van der Waals surface area contributed by atoms with Crippen LogP contribution in [0.5, 0.6) is 11.5 Å². The highest BCUT2D eigenvalue weighted by molar-refractivity contribution is 6.04. The quantitative estimate of drug-likeness (QED) is 0.579. The van der Waals surface area contributed by atoms with Gasteiger partial charge in [0.2, 0.25) is 6.79 Å². The van der Waals surface area contributed by atoms with Gasteiger partial charge < -0.3 is 20.1 Å². The van der Waals surface area contributed by atoms with Gasteiger partial charge in [0.25, 0.3) is 5.91 Å². The second-order valence-electron chi connectivity index (χ2n) is 7.59. The Balaban J connectivity index is 1.51. The number of ketones is 1. The summed E-state index contributed by atoms with van der Waals surface area (Å²) in [5.74, 6) is 0.679. The lowest BCUT2D eigenvalue weighted by Gasteiger charge is -2.17. The molecule has 31 heavy (non-hydrogen) atoms. The molecule has 3 aromatic rings. The molecule has 0 bridgehead atoms. The number of quaternary nitrogens is 1. The molecule has 0 aliphatic carbocycles. The number of anilines is 1. The van der Waals surface area contributed by atoms with Crippen molar-refractivity contribution < 1.29 is 24.4 Å². The maximum atomic E-state index is 12.8. The van der Waals surface area contributed by atoms with Gasteiger partial charge in [-0.25, -0.2) is 0 Å². The van der Waals surface area contributed by atoms with Gasteiger partial charge in [-0.15, -0.1) is 0 Å². The van der Waals surface area contributed by atoms with E-state index in [-0.39, 0.29) is 31.1 Å². The number of aryl methyl sites for hydroxylation is 1. The number of nitrogens with one attached hydrogen (secondary N) is 1. The topological polar surface area (TPSA) is 81.2 Å². The molecule has 4 rings (SSSR count). The van der Waals surface area contributed by atoms with Gasteiger partial charge in [0.15, 0.2) is 23.8 Å². The van der Waals surface area contributed by atoms with Crippen LogP contribution in [-0.4, -0.2) is 25.0 Å². The van der Waals surface area contributed by atoms with Crippen molar-refractivity contribution in [3.8, 4) is 11.5 Å². The van der Waals surface area contributed by atoms with Crippen LogP contribution in [-0.2, 0) is 4.79 Å². The second kappa shape index (κ2) is 9.02. The lowest BCUT2D eigenvalue weighted by molar-refractivity contribution is -0.676. The van der Waals surface area contributed by atoms with Gasteiger partial charge in [-0.2, -0.15) is 0 Å². The van der Waals surface area contributed by atoms with Crippen LogP contribution in [0.1, 0.15) is 40.0 Å². The van der Waals surface area contributed by atoms with Crippen LogP contribution in [0.2, 0.25) is 0 Å². The fourth-order valence-corrected chi connectivity index (χ4v) is 3.66. The minimum atomic E-state index is -0.200. The zero-order valence-corrected chi connectivity index (χ0v) is 17.6. The molecular formula is C25H25N2O4+. The van der Waals surface area contributed by atoms with Gasteiger partial charge in [-0.3, -0.25) is 9.59 Å². The molecule has 0 unspecified atom stereocenters. The van der Waals surface area contributed by atoms with Gasteiger partial charge in [0.05, 0.1) is 5.69 Å². The maximum Gasteiger partial charge on any atom is 0.279 e. The molecule has 1 atom stereocenters. The Morgan fingerprint density at radius 2 is 1.61 bits per heavy atom. The third kappa shape index (κ3) is 4.75. The van der Waals surface area contributed by atoms with Crippen molar-refractivity contribution in [2.24, 2.45) is 0 Å². The average molecular weight is 417 g/mol. The number of carbonyl (C=O) groups is 2. The van der Waals surface area contributed by atoms with Crippen LogP contribution in [0.25, 0.3) is 0 Å². The van der Waals surface area contributed by atoms with Crippen molar-refractivity contribution >= 4 is 17.4 Å². The number of rotatable bonds is 7. The van der Waals surface area contributed by atoms with Crippen molar-refractivity contribution in [2.45, 2.75) is 19.9 Å². The van der Waals surface area contributed by atoms with Crippen LogP contribution < -0.4 is 20.1 Å². The van der Waals surface area contributed by atoms with Gasteiger partial charge in [-0.05, 0) is 19.9 Å². The first-order valence-corrected chi connectivity index (χ1v) is 10.2. The number of benzene rings is 3. The summed E-state index contributed by atoms with van der Waals surface area (Å²) in [6.07, 6.45) is 0. The number of nitrogens with two attached hydrogens (primary N) is 1. The van der Waals surface area contributed by atoms with E-state index in [1.165, 1.54) is 12.5 Å². The SMILES string of the molecule is CC(=O)c1cc2c(cc1NC(=O)C[NH2+][C@@H](c1ccccc1)c1ccc(C)cc1)OCO2. The Morgan fingerprint density at radius 3 is 2.29 bits per heavy atom. The lowest BCUT2D eigenvalue weighted by atomic mass is 9.98. The van der Waals surface area contributed by atoms with E-state index in [0.717, 1.165) is 11.1 Å². The van der Waals surface area contributed by atoms with Crippen LogP contribution in [0.3, 0.4) is 0 Å². The first-order valence-electron chi connectivity index (χ1n) is 10.2. The van der Waals surface area contributed by atoms with Crippen molar-refractivity contribution in [3.63, 3.8) is 0 Å². The summed E-state index contributed by atoms with van der Waals surface area (Å²) in [5.41, 5.74) is 4.26. The van der Waals surface area contributed by atoms with Crippen molar-refractivity contribution in [3.05, 3.63) is 89.0 Å². The molecule has 3 N–H and O–H groups in total. The number of hydrogen-bond donors (Lipinski definition) is 2. The van der Waals surface area contributed by atoms with E-state index in [1.807, 2.05) is 23.5 Å². The Kier molecular flexibility index (Phi) is 6.00. The summed E-state index contributed by atoms with van der Waals surface area (Å²) in [4.78, 5) is 24.8. The summed E-state index contributed by atoms with van der Waals surface area (Å²) >= 11 is 0. The molecule has 1 heterocycles. The molecule has 0 fully saturated rings. The largest absolute Gasteiger partial charge is 0.454 e. The second-order valence-corrected chi connectivity index (χ2v) is 7.59. The molecule has 158 valence electrons. The Labute approximate surface area is 181 Å². The number of hydrogen-bond acceptors (Lipinski definition) is 4. The molecule has 3 aromatic carbocycles. The van der Waals surface area contributed by atoms with E-state index >= 15 is 0 Å².